The van der Waals surface area contributed by atoms with Crippen LogP contribution in [0, 0.1) is 0 Å². The maximum atomic E-state index is 12.6. The highest BCUT2D eigenvalue weighted by atomic mass is 16.3. The van der Waals surface area contributed by atoms with E-state index in [4.69, 9.17) is 0 Å². The van der Waals surface area contributed by atoms with Crippen LogP contribution in [0.5, 0.6) is 0 Å². The van der Waals surface area contributed by atoms with Crippen molar-refractivity contribution in [2.75, 3.05) is 6.61 Å². The first-order valence-electron chi connectivity index (χ1n) is 8.22. The number of rotatable bonds is 4. The van der Waals surface area contributed by atoms with Gasteiger partial charge in [0.15, 0.2) is 0 Å². The highest BCUT2D eigenvalue weighted by Crippen LogP contribution is 2.30. The van der Waals surface area contributed by atoms with E-state index in [1.807, 2.05) is 10.7 Å². The zero-order valence-corrected chi connectivity index (χ0v) is 14.4. The fourth-order valence-corrected chi connectivity index (χ4v) is 3.13. The third-order valence-electron chi connectivity index (χ3n) is 4.44. The first-order chi connectivity index (χ1) is 10.2. The van der Waals surface area contributed by atoms with Crippen LogP contribution in [0.3, 0.4) is 0 Å². The summed E-state index contributed by atoms with van der Waals surface area (Å²) in [6, 6.07) is 1.88. The van der Waals surface area contributed by atoms with Gasteiger partial charge in [0, 0.05) is 5.69 Å². The number of hydrogen-bond donors (Lipinski definition) is 2. The lowest BCUT2D eigenvalue weighted by molar-refractivity contribution is 0.0832. The Kier molecular flexibility index (Phi) is 4.66. The van der Waals surface area contributed by atoms with Gasteiger partial charge in [-0.2, -0.15) is 5.10 Å². The topological polar surface area (TPSA) is 67.2 Å². The molecule has 124 valence electrons. The van der Waals surface area contributed by atoms with E-state index < -0.39 is 5.54 Å². The number of carbonyl (C=O) groups excluding carboxylic acids is 1. The molecule has 2 N–H and O–H groups in total. The Morgan fingerprint density at radius 3 is 2.41 bits per heavy atom. The summed E-state index contributed by atoms with van der Waals surface area (Å²) in [4.78, 5) is 12.6. The predicted molar refractivity (Wildman–Crippen MR) is 87.1 cm³/mol. The standard InChI is InChI=1S/C17H29N3O2/c1-12(2)14-10-13(19-20(14)16(3,4)5)15(22)18-17(11-21)8-6-7-9-17/h10,12,21H,6-9,11H2,1-5H3,(H,18,22). The zero-order valence-electron chi connectivity index (χ0n) is 14.4. The van der Waals surface area contributed by atoms with E-state index in [1.54, 1.807) is 0 Å². The molecule has 22 heavy (non-hydrogen) atoms. The van der Waals surface area contributed by atoms with E-state index in [2.05, 4.69) is 45.0 Å². The largest absolute Gasteiger partial charge is 0.394 e. The van der Waals surface area contributed by atoms with Gasteiger partial charge in [0.05, 0.1) is 17.7 Å². The van der Waals surface area contributed by atoms with Crippen LogP contribution in [0.1, 0.15) is 82.4 Å². The second-order valence-electron chi connectivity index (χ2n) is 7.79. The lowest BCUT2D eigenvalue weighted by Gasteiger charge is -2.27. The van der Waals surface area contributed by atoms with Crippen molar-refractivity contribution in [3.05, 3.63) is 17.5 Å². The van der Waals surface area contributed by atoms with Crippen molar-refractivity contribution in [2.45, 2.75) is 77.3 Å². The molecule has 1 heterocycles. The number of nitrogens with one attached hydrogen (secondary N) is 1. The van der Waals surface area contributed by atoms with Gasteiger partial charge in [-0.15, -0.1) is 0 Å². The number of amides is 1. The predicted octanol–water partition coefficient (Wildman–Crippen LogP) is 2.80. The van der Waals surface area contributed by atoms with Crippen molar-refractivity contribution in [3.8, 4) is 0 Å². The van der Waals surface area contributed by atoms with Gasteiger partial charge in [0.25, 0.3) is 5.91 Å². The van der Waals surface area contributed by atoms with Gasteiger partial charge in [-0.05, 0) is 45.6 Å². The molecule has 5 heteroatoms. The molecule has 0 unspecified atom stereocenters. The molecule has 2 rings (SSSR count). The number of carbonyl (C=O) groups is 1. The molecule has 0 atom stereocenters. The average Bonchev–Trinajstić information content (AvgIpc) is 3.04. The van der Waals surface area contributed by atoms with Crippen LogP contribution in [0.4, 0.5) is 0 Å². The van der Waals surface area contributed by atoms with Crippen molar-refractivity contribution in [1.29, 1.82) is 0 Å². The number of aliphatic hydroxyl groups is 1. The van der Waals surface area contributed by atoms with E-state index in [9.17, 15) is 9.90 Å². The molecular formula is C17H29N3O2. The second-order valence-corrected chi connectivity index (χ2v) is 7.79. The molecule has 5 nitrogen and oxygen atoms in total. The van der Waals surface area contributed by atoms with Crippen LogP contribution in [0.25, 0.3) is 0 Å². The van der Waals surface area contributed by atoms with Gasteiger partial charge in [-0.25, -0.2) is 0 Å². The molecule has 0 radical (unpaired) electrons. The van der Waals surface area contributed by atoms with E-state index in [-0.39, 0.29) is 18.1 Å². The van der Waals surface area contributed by atoms with Crippen molar-refractivity contribution in [2.24, 2.45) is 0 Å². The van der Waals surface area contributed by atoms with Crippen LogP contribution < -0.4 is 5.32 Å². The van der Waals surface area contributed by atoms with Crippen molar-refractivity contribution < 1.29 is 9.90 Å². The fourth-order valence-electron chi connectivity index (χ4n) is 3.13. The van der Waals surface area contributed by atoms with Crippen LogP contribution in [-0.2, 0) is 5.54 Å². The van der Waals surface area contributed by atoms with Crippen molar-refractivity contribution in [1.82, 2.24) is 15.1 Å². The summed E-state index contributed by atoms with van der Waals surface area (Å²) in [6.45, 7) is 10.5. The van der Waals surface area contributed by atoms with E-state index in [0.717, 1.165) is 31.4 Å². The molecule has 1 aliphatic rings. The maximum absolute atomic E-state index is 12.6. The van der Waals surface area contributed by atoms with Crippen molar-refractivity contribution in [3.63, 3.8) is 0 Å². The number of aliphatic hydroxyl groups excluding tert-OH is 1. The minimum Gasteiger partial charge on any atom is -0.394 e. The Hall–Kier alpha value is -1.36. The van der Waals surface area contributed by atoms with Crippen LogP contribution in [-0.4, -0.2) is 32.9 Å². The normalized spacial score (nSPS) is 18.0. The molecule has 1 fully saturated rings. The number of hydrogen-bond acceptors (Lipinski definition) is 3. The Morgan fingerprint density at radius 2 is 2.00 bits per heavy atom. The van der Waals surface area contributed by atoms with Crippen LogP contribution in [0.15, 0.2) is 6.07 Å². The molecule has 1 aromatic rings. The summed E-state index contributed by atoms with van der Waals surface area (Å²) in [5.74, 6) is 0.118. The lowest BCUT2D eigenvalue weighted by Crippen LogP contribution is -2.49. The summed E-state index contributed by atoms with van der Waals surface area (Å²) in [5, 5.41) is 17.2. The summed E-state index contributed by atoms with van der Waals surface area (Å²) >= 11 is 0. The summed E-state index contributed by atoms with van der Waals surface area (Å²) in [5.41, 5.74) is 0.876. The molecule has 1 saturated carbocycles. The second kappa shape index (κ2) is 6.03. The molecular weight excluding hydrogens is 278 g/mol. The fraction of sp³-hybridized carbons (Fsp3) is 0.765. The minimum absolute atomic E-state index is 0.00421. The van der Waals surface area contributed by atoms with Gasteiger partial charge in [0.2, 0.25) is 0 Å². The third-order valence-corrected chi connectivity index (χ3v) is 4.44. The van der Waals surface area contributed by atoms with Gasteiger partial charge < -0.3 is 10.4 Å². The number of aromatic nitrogens is 2. The Bertz CT molecular complexity index is 535. The third kappa shape index (κ3) is 3.35. The molecule has 1 amide bonds. The molecule has 0 bridgehead atoms. The summed E-state index contributed by atoms with van der Waals surface area (Å²) in [7, 11) is 0. The molecule has 1 aliphatic carbocycles. The average molecular weight is 307 g/mol. The van der Waals surface area contributed by atoms with E-state index in [0.29, 0.717) is 11.6 Å². The van der Waals surface area contributed by atoms with Crippen LogP contribution >= 0.6 is 0 Å². The summed E-state index contributed by atoms with van der Waals surface area (Å²) in [6.07, 6.45) is 3.78. The molecule has 0 aliphatic heterocycles. The van der Waals surface area contributed by atoms with E-state index in [1.165, 1.54) is 0 Å². The SMILES string of the molecule is CC(C)c1cc(C(=O)NC2(CO)CCCC2)nn1C(C)(C)C. The van der Waals surface area contributed by atoms with Crippen molar-refractivity contribution >= 4 is 5.91 Å². The van der Waals surface area contributed by atoms with Gasteiger partial charge in [-0.1, -0.05) is 26.7 Å². The van der Waals surface area contributed by atoms with Gasteiger partial charge in [-0.3, -0.25) is 9.48 Å². The highest BCUT2D eigenvalue weighted by Gasteiger charge is 2.35. The Labute approximate surface area is 133 Å². The highest BCUT2D eigenvalue weighted by molar-refractivity contribution is 5.93. The first-order valence-corrected chi connectivity index (χ1v) is 8.22. The maximum Gasteiger partial charge on any atom is 0.272 e. The quantitative estimate of drug-likeness (QED) is 0.899. The minimum atomic E-state index is -0.458. The zero-order chi connectivity index (χ0) is 16.5. The lowest BCUT2D eigenvalue weighted by atomic mass is 9.98. The Morgan fingerprint density at radius 1 is 1.41 bits per heavy atom. The van der Waals surface area contributed by atoms with Crippen LogP contribution in [0.2, 0.25) is 0 Å². The number of nitrogens with zero attached hydrogens (tertiary/aromatic N) is 2. The molecule has 1 aromatic heterocycles. The van der Waals surface area contributed by atoms with Gasteiger partial charge in [0.1, 0.15) is 5.69 Å². The smallest absolute Gasteiger partial charge is 0.272 e. The molecule has 0 aromatic carbocycles. The monoisotopic (exact) mass is 307 g/mol. The summed E-state index contributed by atoms with van der Waals surface area (Å²) < 4.78 is 1.94. The molecule has 0 saturated heterocycles. The van der Waals surface area contributed by atoms with E-state index >= 15 is 0 Å². The Balaban J connectivity index is 2.27. The first kappa shape index (κ1) is 17.0. The van der Waals surface area contributed by atoms with Gasteiger partial charge >= 0.3 is 0 Å². The molecule has 0 spiro atoms.